The lowest BCUT2D eigenvalue weighted by Gasteiger charge is -2.13. The number of aromatic nitrogens is 3. The minimum Gasteiger partial charge on any atom is -0.480 e. The molecule has 1 heterocycles. The summed E-state index contributed by atoms with van der Waals surface area (Å²) in [6.07, 6.45) is 2.60. The molecule has 100 valence electrons. The number of aliphatic carboxylic acids is 1. The van der Waals surface area contributed by atoms with Crippen LogP contribution >= 0.6 is 0 Å². The average molecular weight is 255 g/mol. The first-order chi connectivity index (χ1) is 8.54. The van der Waals surface area contributed by atoms with Crippen LogP contribution in [0, 0.1) is 0 Å². The van der Waals surface area contributed by atoms with E-state index in [0.717, 1.165) is 0 Å². The molecule has 1 aromatic heterocycles. The number of hydrogen-bond donors (Lipinski definition) is 3. The molecule has 0 spiro atoms. The van der Waals surface area contributed by atoms with E-state index in [2.05, 4.69) is 20.8 Å². The van der Waals surface area contributed by atoms with Crippen LogP contribution in [0.5, 0.6) is 0 Å². The zero-order chi connectivity index (χ0) is 13.5. The van der Waals surface area contributed by atoms with Gasteiger partial charge in [-0.15, -0.1) is 10.2 Å². The van der Waals surface area contributed by atoms with Crippen LogP contribution in [-0.4, -0.2) is 37.9 Å². The molecule has 0 aliphatic heterocycles. The Morgan fingerprint density at radius 3 is 2.78 bits per heavy atom. The Bertz CT molecular complexity index is 417. The minimum absolute atomic E-state index is 0.195. The number of carboxylic acids is 1. The summed E-state index contributed by atoms with van der Waals surface area (Å²) in [6.45, 7) is 2.05. The van der Waals surface area contributed by atoms with Crippen LogP contribution in [0.1, 0.15) is 25.6 Å². The van der Waals surface area contributed by atoms with Gasteiger partial charge in [-0.25, -0.2) is 9.59 Å². The van der Waals surface area contributed by atoms with E-state index in [4.69, 9.17) is 5.11 Å². The first-order valence-corrected chi connectivity index (χ1v) is 5.64. The quantitative estimate of drug-likeness (QED) is 0.656. The molecular weight excluding hydrogens is 238 g/mol. The number of rotatable bonds is 6. The summed E-state index contributed by atoms with van der Waals surface area (Å²) in [5.74, 6) is -0.446. The number of carbonyl (C=O) groups excluding carboxylic acids is 1. The highest BCUT2D eigenvalue weighted by Crippen LogP contribution is 1.97. The summed E-state index contributed by atoms with van der Waals surface area (Å²) in [7, 11) is 1.76. The number of carboxylic acid groups (broad SMARTS) is 1. The number of nitrogens with zero attached hydrogens (tertiary/aromatic N) is 3. The highest BCUT2D eigenvalue weighted by molar-refractivity contribution is 5.82. The van der Waals surface area contributed by atoms with Crippen molar-refractivity contribution in [2.45, 2.75) is 32.4 Å². The Balaban J connectivity index is 2.41. The SMILES string of the molecule is CCC[C@H](NC(=O)NCc1nncn1C)C(=O)O. The standard InChI is InChI=1S/C10H17N5O3/c1-3-4-7(9(16)17)13-10(18)11-5-8-14-12-6-15(8)2/h6-7H,3-5H2,1-2H3,(H,16,17)(H2,11,13,18)/t7-/m0/s1. The molecule has 8 nitrogen and oxygen atoms in total. The van der Waals surface area contributed by atoms with Gasteiger partial charge in [0, 0.05) is 7.05 Å². The second-order valence-electron chi connectivity index (χ2n) is 3.86. The summed E-state index contributed by atoms with van der Waals surface area (Å²) in [6, 6.07) is -1.40. The van der Waals surface area contributed by atoms with Crippen molar-refractivity contribution < 1.29 is 14.7 Å². The predicted molar refractivity (Wildman–Crippen MR) is 62.7 cm³/mol. The molecule has 0 aliphatic carbocycles. The smallest absolute Gasteiger partial charge is 0.326 e. The van der Waals surface area contributed by atoms with Crippen molar-refractivity contribution in [2.75, 3.05) is 0 Å². The Morgan fingerprint density at radius 1 is 1.56 bits per heavy atom. The molecule has 0 saturated heterocycles. The van der Waals surface area contributed by atoms with Gasteiger partial charge in [0.05, 0.1) is 6.54 Å². The number of carbonyl (C=O) groups is 2. The summed E-state index contributed by atoms with van der Waals surface area (Å²) in [4.78, 5) is 22.3. The van der Waals surface area contributed by atoms with Gasteiger partial charge in [0.2, 0.25) is 0 Å². The van der Waals surface area contributed by atoms with Gasteiger partial charge >= 0.3 is 12.0 Å². The molecule has 1 atom stereocenters. The molecule has 0 fully saturated rings. The van der Waals surface area contributed by atoms with E-state index < -0.39 is 18.0 Å². The molecule has 0 saturated carbocycles. The fraction of sp³-hybridized carbons (Fsp3) is 0.600. The number of hydrogen-bond acceptors (Lipinski definition) is 4. The van der Waals surface area contributed by atoms with Gasteiger partial charge in [0.1, 0.15) is 12.4 Å². The summed E-state index contributed by atoms with van der Waals surface area (Å²) in [5.41, 5.74) is 0. The van der Waals surface area contributed by atoms with Gasteiger partial charge in [0.25, 0.3) is 0 Å². The van der Waals surface area contributed by atoms with Crippen LogP contribution < -0.4 is 10.6 Å². The fourth-order valence-electron chi connectivity index (χ4n) is 1.38. The van der Waals surface area contributed by atoms with Gasteiger partial charge in [-0.3, -0.25) is 0 Å². The average Bonchev–Trinajstić information content (AvgIpc) is 2.71. The van der Waals surface area contributed by atoms with Crippen molar-refractivity contribution in [3.8, 4) is 0 Å². The lowest BCUT2D eigenvalue weighted by molar-refractivity contribution is -0.139. The second kappa shape index (κ2) is 6.58. The molecular formula is C10H17N5O3. The molecule has 3 N–H and O–H groups in total. The third kappa shape index (κ3) is 4.04. The molecule has 0 bridgehead atoms. The molecule has 8 heteroatoms. The zero-order valence-corrected chi connectivity index (χ0v) is 10.4. The van der Waals surface area contributed by atoms with Crippen molar-refractivity contribution in [3.63, 3.8) is 0 Å². The van der Waals surface area contributed by atoms with Crippen molar-refractivity contribution in [1.29, 1.82) is 0 Å². The number of urea groups is 1. The van der Waals surface area contributed by atoms with E-state index in [1.54, 1.807) is 11.6 Å². The summed E-state index contributed by atoms with van der Waals surface area (Å²) in [5, 5.41) is 21.3. The maximum absolute atomic E-state index is 11.5. The Morgan fingerprint density at radius 2 is 2.28 bits per heavy atom. The molecule has 0 aromatic carbocycles. The highest BCUT2D eigenvalue weighted by Gasteiger charge is 2.18. The van der Waals surface area contributed by atoms with Gasteiger partial charge in [-0.05, 0) is 6.42 Å². The van der Waals surface area contributed by atoms with E-state index in [0.29, 0.717) is 18.7 Å². The Labute approximate surface area is 104 Å². The van der Waals surface area contributed by atoms with Crippen molar-refractivity contribution >= 4 is 12.0 Å². The van der Waals surface area contributed by atoms with Crippen LogP contribution in [0.3, 0.4) is 0 Å². The maximum atomic E-state index is 11.5. The molecule has 2 amide bonds. The van der Waals surface area contributed by atoms with Crippen molar-refractivity contribution in [2.24, 2.45) is 7.05 Å². The second-order valence-corrected chi connectivity index (χ2v) is 3.86. The van der Waals surface area contributed by atoms with Gasteiger partial charge < -0.3 is 20.3 Å². The van der Waals surface area contributed by atoms with E-state index in [1.807, 2.05) is 6.92 Å². The van der Waals surface area contributed by atoms with Gasteiger partial charge in [-0.2, -0.15) is 0 Å². The van der Waals surface area contributed by atoms with Crippen molar-refractivity contribution in [3.05, 3.63) is 12.2 Å². The van der Waals surface area contributed by atoms with E-state index >= 15 is 0 Å². The lowest BCUT2D eigenvalue weighted by atomic mass is 10.2. The minimum atomic E-state index is -1.04. The van der Waals surface area contributed by atoms with E-state index in [1.165, 1.54) is 6.33 Å². The van der Waals surface area contributed by atoms with Crippen LogP contribution in [0.15, 0.2) is 6.33 Å². The van der Waals surface area contributed by atoms with Crippen LogP contribution in [0.2, 0.25) is 0 Å². The topological polar surface area (TPSA) is 109 Å². The molecule has 18 heavy (non-hydrogen) atoms. The van der Waals surface area contributed by atoms with Crippen LogP contribution in [-0.2, 0) is 18.4 Å². The third-order valence-electron chi connectivity index (χ3n) is 2.39. The van der Waals surface area contributed by atoms with Gasteiger partial charge in [0.15, 0.2) is 5.82 Å². The summed E-state index contributed by atoms with van der Waals surface area (Å²) < 4.78 is 1.67. The zero-order valence-electron chi connectivity index (χ0n) is 10.4. The Kier molecular flexibility index (Phi) is 5.09. The van der Waals surface area contributed by atoms with Gasteiger partial charge in [-0.1, -0.05) is 13.3 Å². The highest BCUT2D eigenvalue weighted by atomic mass is 16.4. The largest absolute Gasteiger partial charge is 0.480 e. The van der Waals surface area contributed by atoms with Crippen LogP contribution in [0.25, 0.3) is 0 Å². The molecule has 1 rings (SSSR count). The van der Waals surface area contributed by atoms with Crippen molar-refractivity contribution in [1.82, 2.24) is 25.4 Å². The van der Waals surface area contributed by atoms with Crippen LogP contribution in [0.4, 0.5) is 4.79 Å². The monoisotopic (exact) mass is 255 g/mol. The fourth-order valence-corrected chi connectivity index (χ4v) is 1.38. The first kappa shape index (κ1) is 13.9. The predicted octanol–water partition coefficient (Wildman–Crippen LogP) is -0.132. The number of nitrogens with one attached hydrogen (secondary N) is 2. The molecule has 1 aromatic rings. The number of aryl methyl sites for hydroxylation is 1. The first-order valence-electron chi connectivity index (χ1n) is 5.64. The summed E-state index contributed by atoms with van der Waals surface area (Å²) >= 11 is 0. The normalized spacial score (nSPS) is 11.9. The van der Waals surface area contributed by atoms with E-state index in [9.17, 15) is 9.59 Å². The molecule has 0 unspecified atom stereocenters. The molecule has 0 radical (unpaired) electrons. The number of amides is 2. The molecule has 0 aliphatic rings. The maximum Gasteiger partial charge on any atom is 0.326 e. The third-order valence-corrected chi connectivity index (χ3v) is 2.39. The van der Waals surface area contributed by atoms with E-state index in [-0.39, 0.29) is 6.54 Å². The Hall–Kier alpha value is -2.12. The lowest BCUT2D eigenvalue weighted by Crippen LogP contribution is -2.45.